The summed E-state index contributed by atoms with van der Waals surface area (Å²) >= 11 is 0. The minimum atomic E-state index is -0.355. The van der Waals surface area contributed by atoms with E-state index in [1.807, 2.05) is 0 Å². The van der Waals surface area contributed by atoms with Gasteiger partial charge in [0, 0.05) is 20.6 Å². The van der Waals surface area contributed by atoms with Gasteiger partial charge in [0.05, 0.1) is 6.54 Å². The third kappa shape index (κ3) is 3.47. The van der Waals surface area contributed by atoms with Crippen LogP contribution < -0.4 is 11.2 Å². The fraction of sp³-hybridized carbons (Fsp3) is 0.450. The number of piperidine rings is 1. The van der Waals surface area contributed by atoms with E-state index in [4.69, 9.17) is 0 Å². The smallest absolute Gasteiger partial charge is 0.332 e. The van der Waals surface area contributed by atoms with Crippen molar-refractivity contribution in [3.05, 3.63) is 62.6 Å². The van der Waals surface area contributed by atoms with Crippen molar-refractivity contribution in [3.63, 3.8) is 0 Å². The SMILES string of the molecule is Cn1c(=O)c2[nH]c(CN3CCCC(Cc4ccccc4)C3)nc2n(C)c1=O. The van der Waals surface area contributed by atoms with Gasteiger partial charge in [0.25, 0.3) is 5.56 Å². The summed E-state index contributed by atoms with van der Waals surface area (Å²) in [6.45, 7) is 2.71. The number of rotatable bonds is 4. The zero-order chi connectivity index (χ0) is 19.0. The van der Waals surface area contributed by atoms with Crippen molar-refractivity contribution < 1.29 is 0 Å². The summed E-state index contributed by atoms with van der Waals surface area (Å²) in [5, 5.41) is 0. The zero-order valence-electron chi connectivity index (χ0n) is 15.8. The molecule has 7 heteroatoms. The van der Waals surface area contributed by atoms with Crippen LogP contribution in [0, 0.1) is 5.92 Å². The van der Waals surface area contributed by atoms with E-state index in [1.165, 1.54) is 23.6 Å². The van der Waals surface area contributed by atoms with Gasteiger partial charge in [-0.1, -0.05) is 30.3 Å². The van der Waals surface area contributed by atoms with E-state index in [0.29, 0.717) is 23.6 Å². The van der Waals surface area contributed by atoms with E-state index in [2.05, 4.69) is 45.2 Å². The minimum Gasteiger partial charge on any atom is -0.335 e. The maximum absolute atomic E-state index is 12.3. The zero-order valence-corrected chi connectivity index (χ0v) is 15.8. The van der Waals surface area contributed by atoms with Crippen LogP contribution in [-0.2, 0) is 27.1 Å². The van der Waals surface area contributed by atoms with Crippen molar-refractivity contribution in [3.8, 4) is 0 Å². The minimum absolute atomic E-state index is 0.326. The molecule has 4 rings (SSSR count). The summed E-state index contributed by atoms with van der Waals surface area (Å²) in [5.41, 5.74) is 1.52. The van der Waals surface area contributed by atoms with Crippen molar-refractivity contribution in [1.29, 1.82) is 0 Å². The van der Waals surface area contributed by atoms with Gasteiger partial charge < -0.3 is 4.98 Å². The summed E-state index contributed by atoms with van der Waals surface area (Å²) < 4.78 is 2.53. The predicted molar refractivity (Wildman–Crippen MR) is 105 cm³/mol. The Morgan fingerprint density at radius 2 is 1.93 bits per heavy atom. The Kier molecular flexibility index (Phi) is 4.70. The van der Waals surface area contributed by atoms with E-state index in [-0.39, 0.29) is 11.2 Å². The fourth-order valence-electron chi connectivity index (χ4n) is 4.07. The first-order valence-corrected chi connectivity index (χ1v) is 9.44. The van der Waals surface area contributed by atoms with Crippen molar-refractivity contribution in [2.75, 3.05) is 13.1 Å². The highest BCUT2D eigenvalue weighted by Gasteiger charge is 2.22. The van der Waals surface area contributed by atoms with E-state index < -0.39 is 0 Å². The van der Waals surface area contributed by atoms with Crippen LogP contribution >= 0.6 is 0 Å². The first kappa shape index (κ1) is 17.7. The van der Waals surface area contributed by atoms with Crippen molar-refractivity contribution in [1.82, 2.24) is 24.0 Å². The average molecular weight is 367 g/mol. The van der Waals surface area contributed by atoms with Gasteiger partial charge in [-0.3, -0.25) is 18.8 Å². The Labute approximate surface area is 157 Å². The Bertz CT molecular complexity index is 1060. The number of hydrogen-bond donors (Lipinski definition) is 1. The topological polar surface area (TPSA) is 75.9 Å². The van der Waals surface area contributed by atoms with Crippen LogP contribution in [0.4, 0.5) is 0 Å². The molecule has 0 bridgehead atoms. The van der Waals surface area contributed by atoms with Crippen molar-refractivity contribution >= 4 is 11.2 Å². The molecule has 3 aromatic rings. The number of imidazole rings is 1. The summed E-state index contributed by atoms with van der Waals surface area (Å²) in [5.74, 6) is 1.37. The molecule has 0 radical (unpaired) electrons. The number of H-pyrrole nitrogens is 1. The molecule has 0 amide bonds. The van der Waals surface area contributed by atoms with Crippen LogP contribution in [0.25, 0.3) is 11.2 Å². The molecule has 1 N–H and O–H groups in total. The van der Waals surface area contributed by atoms with E-state index in [0.717, 1.165) is 36.3 Å². The molecular weight excluding hydrogens is 342 g/mol. The molecular formula is C20H25N5O2. The molecule has 1 aliphatic heterocycles. The Balaban J connectivity index is 1.52. The molecule has 1 aromatic carbocycles. The van der Waals surface area contributed by atoms with Crippen LogP contribution in [0.2, 0.25) is 0 Å². The van der Waals surface area contributed by atoms with E-state index >= 15 is 0 Å². The van der Waals surface area contributed by atoms with Gasteiger partial charge in [-0.15, -0.1) is 0 Å². The van der Waals surface area contributed by atoms with E-state index in [1.54, 1.807) is 7.05 Å². The molecule has 1 saturated heterocycles. The molecule has 0 spiro atoms. The Morgan fingerprint density at radius 3 is 2.70 bits per heavy atom. The molecule has 1 aliphatic rings. The van der Waals surface area contributed by atoms with Gasteiger partial charge in [0.2, 0.25) is 0 Å². The summed E-state index contributed by atoms with van der Waals surface area (Å²) in [4.78, 5) is 34.5. The average Bonchev–Trinajstić information content (AvgIpc) is 3.10. The molecule has 2 aromatic heterocycles. The first-order chi connectivity index (χ1) is 13.0. The lowest BCUT2D eigenvalue weighted by atomic mass is 9.91. The normalized spacial score (nSPS) is 18.2. The molecule has 1 fully saturated rings. The quantitative estimate of drug-likeness (QED) is 0.757. The molecule has 1 atom stereocenters. The Morgan fingerprint density at radius 1 is 1.15 bits per heavy atom. The predicted octanol–water partition coefficient (Wildman–Crippen LogP) is 1.41. The number of aromatic nitrogens is 4. The molecule has 142 valence electrons. The van der Waals surface area contributed by atoms with E-state index in [9.17, 15) is 9.59 Å². The van der Waals surface area contributed by atoms with Crippen LogP contribution in [0.1, 0.15) is 24.2 Å². The summed E-state index contributed by atoms with van der Waals surface area (Å²) in [6, 6.07) is 10.6. The van der Waals surface area contributed by atoms with Crippen molar-refractivity contribution in [2.24, 2.45) is 20.0 Å². The number of fused-ring (bicyclic) bond motifs is 1. The second-order valence-electron chi connectivity index (χ2n) is 7.52. The number of likely N-dealkylation sites (tertiary alicyclic amines) is 1. The molecule has 0 saturated carbocycles. The first-order valence-electron chi connectivity index (χ1n) is 9.44. The molecule has 0 aliphatic carbocycles. The third-order valence-electron chi connectivity index (χ3n) is 5.49. The van der Waals surface area contributed by atoms with Crippen LogP contribution in [0.3, 0.4) is 0 Å². The van der Waals surface area contributed by atoms with Crippen LogP contribution in [0.15, 0.2) is 39.9 Å². The highest BCUT2D eigenvalue weighted by Crippen LogP contribution is 2.22. The van der Waals surface area contributed by atoms with Crippen molar-refractivity contribution in [2.45, 2.75) is 25.8 Å². The number of aryl methyl sites for hydroxylation is 1. The Hall–Kier alpha value is -2.67. The second-order valence-corrected chi connectivity index (χ2v) is 7.52. The molecule has 1 unspecified atom stereocenters. The highest BCUT2D eigenvalue weighted by molar-refractivity contribution is 5.69. The summed E-state index contributed by atoms with van der Waals surface area (Å²) in [6.07, 6.45) is 3.49. The highest BCUT2D eigenvalue weighted by atomic mass is 16.2. The largest absolute Gasteiger partial charge is 0.335 e. The summed E-state index contributed by atoms with van der Waals surface area (Å²) in [7, 11) is 3.13. The van der Waals surface area contributed by atoms with Gasteiger partial charge >= 0.3 is 5.69 Å². The fourth-order valence-corrected chi connectivity index (χ4v) is 4.07. The number of benzene rings is 1. The van der Waals surface area contributed by atoms with Crippen LogP contribution in [0.5, 0.6) is 0 Å². The molecule has 7 nitrogen and oxygen atoms in total. The van der Waals surface area contributed by atoms with Gasteiger partial charge in [-0.25, -0.2) is 9.78 Å². The third-order valence-corrected chi connectivity index (χ3v) is 5.49. The number of nitrogens with one attached hydrogen (secondary N) is 1. The lowest BCUT2D eigenvalue weighted by Gasteiger charge is -2.32. The number of nitrogens with zero attached hydrogens (tertiary/aromatic N) is 4. The van der Waals surface area contributed by atoms with Crippen LogP contribution in [-0.4, -0.2) is 37.1 Å². The van der Waals surface area contributed by atoms with Gasteiger partial charge in [0.1, 0.15) is 11.3 Å². The molecule has 27 heavy (non-hydrogen) atoms. The van der Waals surface area contributed by atoms with Gasteiger partial charge in [-0.05, 0) is 37.3 Å². The standard InChI is InChI=1S/C20H25N5O2/c1-23-18-17(19(26)24(2)20(23)27)21-16(22-18)13-25-10-6-9-15(12-25)11-14-7-4-3-5-8-14/h3-5,7-8,15H,6,9-13H2,1-2H3,(H,21,22). The monoisotopic (exact) mass is 367 g/mol. The van der Waals surface area contributed by atoms with Gasteiger partial charge in [0.15, 0.2) is 5.65 Å². The lowest BCUT2D eigenvalue weighted by molar-refractivity contribution is 0.164. The maximum atomic E-state index is 12.3. The van der Waals surface area contributed by atoms with Gasteiger partial charge in [-0.2, -0.15) is 0 Å². The molecule has 3 heterocycles. The number of hydrogen-bond acceptors (Lipinski definition) is 4. The lowest BCUT2D eigenvalue weighted by Crippen LogP contribution is -2.36. The maximum Gasteiger partial charge on any atom is 0.332 e. The number of aromatic amines is 1. The second kappa shape index (κ2) is 7.15.